The third kappa shape index (κ3) is 3.37. The molecule has 0 bridgehead atoms. The normalized spacial score (nSPS) is 14.4. The van der Waals surface area contributed by atoms with E-state index in [1.54, 1.807) is 13.0 Å². The van der Waals surface area contributed by atoms with Crippen molar-refractivity contribution in [2.24, 2.45) is 5.92 Å². The number of anilines is 1. The molecule has 0 saturated carbocycles. The van der Waals surface area contributed by atoms with Gasteiger partial charge in [0.25, 0.3) is 0 Å². The average molecular weight is 318 g/mol. The van der Waals surface area contributed by atoms with Crippen molar-refractivity contribution in [1.82, 2.24) is 0 Å². The zero-order valence-corrected chi connectivity index (χ0v) is 13.6. The third-order valence-corrected chi connectivity index (χ3v) is 4.37. The van der Waals surface area contributed by atoms with E-state index in [1.807, 2.05) is 17.0 Å². The fraction of sp³-hybridized carbons (Fsp3) is 0.375. The lowest BCUT2D eigenvalue weighted by Gasteiger charge is -2.21. The van der Waals surface area contributed by atoms with Gasteiger partial charge in [-0.3, -0.25) is 0 Å². The Hall–Kier alpha value is -2.13. The maximum absolute atomic E-state index is 11.2. The monoisotopic (exact) mass is 318 g/mol. The summed E-state index contributed by atoms with van der Waals surface area (Å²) < 4.78 is 5.63. The van der Waals surface area contributed by atoms with Gasteiger partial charge in [-0.05, 0) is 25.0 Å². The lowest BCUT2D eigenvalue weighted by atomic mass is 10.1. The molecule has 6 heteroatoms. The molecule has 116 valence electrons. The van der Waals surface area contributed by atoms with Crippen LogP contribution in [0, 0.1) is 17.2 Å². The van der Waals surface area contributed by atoms with Crippen LogP contribution >= 0.6 is 11.8 Å². The summed E-state index contributed by atoms with van der Waals surface area (Å²) in [7, 11) is 0. The largest absolute Gasteiger partial charge is 0.493 e. The molecule has 0 unspecified atom stereocenters. The van der Waals surface area contributed by atoms with Crippen LogP contribution in [0.2, 0.25) is 0 Å². The molecule has 1 aromatic rings. The first kappa shape index (κ1) is 16.2. The Bertz CT molecular complexity index is 662. The molecule has 1 heterocycles. The second-order valence-corrected chi connectivity index (χ2v) is 6.37. The molecule has 1 aromatic carbocycles. The number of nitrogens with zero attached hydrogens (tertiary/aromatic N) is 2. The molecular weight excluding hydrogens is 300 g/mol. The van der Waals surface area contributed by atoms with Crippen molar-refractivity contribution in [1.29, 1.82) is 5.26 Å². The van der Waals surface area contributed by atoms with Gasteiger partial charge >= 0.3 is 5.97 Å². The number of nitriles is 1. The second kappa shape index (κ2) is 6.75. The fourth-order valence-electron chi connectivity index (χ4n) is 2.11. The van der Waals surface area contributed by atoms with Gasteiger partial charge in [-0.25, -0.2) is 4.79 Å². The molecular formula is C16H18N2O3S. The summed E-state index contributed by atoms with van der Waals surface area (Å²) in [6.07, 6.45) is 0. The summed E-state index contributed by atoms with van der Waals surface area (Å²) in [6.45, 7) is 6.46. The zero-order chi connectivity index (χ0) is 16.3. The first-order valence-electron chi connectivity index (χ1n) is 6.95. The molecule has 1 N–H and O–H groups in total. The van der Waals surface area contributed by atoms with Crippen LogP contribution < -0.4 is 9.64 Å². The number of carboxylic acids is 1. The minimum Gasteiger partial charge on any atom is -0.493 e. The smallest absolute Gasteiger partial charge is 0.344 e. The number of carbonyl (C=O) groups is 1. The summed E-state index contributed by atoms with van der Waals surface area (Å²) >= 11 is 1.26. The minimum absolute atomic E-state index is 0.323. The van der Waals surface area contributed by atoms with E-state index in [2.05, 4.69) is 19.9 Å². The topological polar surface area (TPSA) is 73.6 Å². The number of carboxylic acid groups (broad SMARTS) is 1. The summed E-state index contributed by atoms with van der Waals surface area (Å²) in [6, 6.07) is 7.49. The summed E-state index contributed by atoms with van der Waals surface area (Å²) in [5, 5.41) is 18.5. The van der Waals surface area contributed by atoms with E-state index < -0.39 is 5.97 Å². The van der Waals surface area contributed by atoms with E-state index in [1.165, 1.54) is 11.8 Å². The van der Waals surface area contributed by atoms with Crippen LogP contribution in [0.5, 0.6) is 5.75 Å². The maximum Gasteiger partial charge on any atom is 0.344 e. The molecule has 0 spiro atoms. The van der Waals surface area contributed by atoms with Gasteiger partial charge in [-0.1, -0.05) is 25.6 Å². The standard InChI is InChI=1S/C16H18N2O3S/c1-10(2)8-21-13-4-5-14(12(6-13)7-17)18-9-22-15(11(18)3)16(19)20/h4-6,10H,8-9H2,1-3H3,(H,19,20). The number of hydrogen-bond acceptors (Lipinski definition) is 5. The Balaban J connectivity index is 2.29. The number of benzene rings is 1. The number of ether oxygens (including phenoxy) is 1. The van der Waals surface area contributed by atoms with Crippen molar-refractivity contribution in [2.75, 3.05) is 17.4 Å². The Labute approximate surface area is 134 Å². The van der Waals surface area contributed by atoms with Gasteiger partial charge in [0.05, 0.1) is 23.7 Å². The second-order valence-electron chi connectivity index (χ2n) is 5.42. The molecule has 0 aliphatic carbocycles. The van der Waals surface area contributed by atoms with E-state index in [0.29, 0.717) is 46.0 Å². The summed E-state index contributed by atoms with van der Waals surface area (Å²) in [5.41, 5.74) is 1.85. The van der Waals surface area contributed by atoms with Crippen molar-refractivity contribution >= 4 is 23.4 Å². The van der Waals surface area contributed by atoms with Crippen LogP contribution in [0.4, 0.5) is 5.69 Å². The van der Waals surface area contributed by atoms with Gasteiger partial charge in [-0.15, -0.1) is 0 Å². The maximum atomic E-state index is 11.2. The van der Waals surface area contributed by atoms with E-state index in [-0.39, 0.29) is 0 Å². The van der Waals surface area contributed by atoms with Crippen molar-refractivity contribution in [2.45, 2.75) is 20.8 Å². The van der Waals surface area contributed by atoms with Crippen LogP contribution in [0.15, 0.2) is 28.8 Å². The van der Waals surface area contributed by atoms with Crippen molar-refractivity contribution in [3.05, 3.63) is 34.4 Å². The number of aliphatic carboxylic acids is 1. The SMILES string of the molecule is CC1=C(C(=O)O)SCN1c1ccc(OCC(C)C)cc1C#N. The fourth-order valence-corrected chi connectivity index (χ4v) is 3.15. The van der Waals surface area contributed by atoms with Gasteiger partial charge < -0.3 is 14.7 Å². The van der Waals surface area contributed by atoms with E-state index >= 15 is 0 Å². The quantitative estimate of drug-likeness (QED) is 0.896. The van der Waals surface area contributed by atoms with Gasteiger partial charge in [0.15, 0.2) is 0 Å². The lowest BCUT2D eigenvalue weighted by molar-refractivity contribution is -0.131. The van der Waals surface area contributed by atoms with Crippen molar-refractivity contribution < 1.29 is 14.6 Å². The molecule has 2 rings (SSSR count). The van der Waals surface area contributed by atoms with Gasteiger partial charge in [0, 0.05) is 11.8 Å². The molecule has 0 fully saturated rings. The van der Waals surface area contributed by atoms with Crippen LogP contribution in [0.3, 0.4) is 0 Å². The van der Waals surface area contributed by atoms with Crippen molar-refractivity contribution in [3.63, 3.8) is 0 Å². The molecule has 1 aliphatic heterocycles. The Morgan fingerprint density at radius 2 is 2.27 bits per heavy atom. The predicted molar refractivity (Wildman–Crippen MR) is 86.8 cm³/mol. The Morgan fingerprint density at radius 3 is 2.82 bits per heavy atom. The van der Waals surface area contributed by atoms with E-state index in [0.717, 1.165) is 0 Å². The van der Waals surface area contributed by atoms with Crippen LogP contribution in [-0.4, -0.2) is 23.6 Å². The Kier molecular flexibility index (Phi) is 4.99. The predicted octanol–water partition coefficient (Wildman–Crippen LogP) is 3.42. The Morgan fingerprint density at radius 1 is 1.55 bits per heavy atom. The van der Waals surface area contributed by atoms with Crippen LogP contribution in [0.25, 0.3) is 0 Å². The molecule has 0 radical (unpaired) electrons. The molecule has 1 aliphatic rings. The first-order valence-corrected chi connectivity index (χ1v) is 7.94. The summed E-state index contributed by atoms with van der Waals surface area (Å²) in [5.74, 6) is 0.624. The molecule has 0 aromatic heterocycles. The number of rotatable bonds is 5. The van der Waals surface area contributed by atoms with Crippen molar-refractivity contribution in [3.8, 4) is 11.8 Å². The third-order valence-electron chi connectivity index (χ3n) is 3.23. The lowest BCUT2D eigenvalue weighted by Crippen LogP contribution is -2.17. The zero-order valence-electron chi connectivity index (χ0n) is 12.8. The van der Waals surface area contributed by atoms with Gasteiger partial charge in [0.1, 0.15) is 16.7 Å². The number of hydrogen-bond donors (Lipinski definition) is 1. The van der Waals surface area contributed by atoms with E-state index in [4.69, 9.17) is 9.84 Å². The van der Waals surface area contributed by atoms with Gasteiger partial charge in [-0.2, -0.15) is 5.26 Å². The highest BCUT2D eigenvalue weighted by Gasteiger charge is 2.27. The minimum atomic E-state index is -0.930. The highest BCUT2D eigenvalue weighted by molar-refractivity contribution is 8.04. The highest BCUT2D eigenvalue weighted by Crippen LogP contribution is 2.38. The summed E-state index contributed by atoms with van der Waals surface area (Å²) in [4.78, 5) is 13.3. The average Bonchev–Trinajstić information content (AvgIpc) is 2.86. The molecule has 0 amide bonds. The number of allylic oxidation sites excluding steroid dienone is 1. The van der Waals surface area contributed by atoms with Crippen LogP contribution in [-0.2, 0) is 4.79 Å². The first-order chi connectivity index (χ1) is 10.4. The molecule has 0 saturated heterocycles. The molecule has 5 nitrogen and oxygen atoms in total. The number of thioether (sulfide) groups is 1. The van der Waals surface area contributed by atoms with Crippen LogP contribution in [0.1, 0.15) is 26.3 Å². The highest BCUT2D eigenvalue weighted by atomic mass is 32.2. The van der Waals surface area contributed by atoms with E-state index in [9.17, 15) is 10.1 Å². The molecule has 22 heavy (non-hydrogen) atoms. The van der Waals surface area contributed by atoms with Gasteiger partial charge in [0.2, 0.25) is 0 Å². The molecule has 0 atom stereocenters.